The van der Waals surface area contributed by atoms with Crippen molar-refractivity contribution in [3.63, 3.8) is 0 Å². The molecule has 2 aliphatic rings. The molecule has 0 amide bonds. The first-order valence-corrected chi connectivity index (χ1v) is 37.4. The fraction of sp³-hybridized carbons (Fsp3) is 0.170. The van der Waals surface area contributed by atoms with Crippen LogP contribution in [-0.2, 0) is 21.7 Å². The van der Waals surface area contributed by atoms with Crippen molar-refractivity contribution in [1.82, 2.24) is 9.13 Å². The molecule has 0 aliphatic carbocycles. The highest BCUT2D eigenvalue weighted by Crippen LogP contribution is 2.54. The standard InChI is InChI=1S/C94H88B6N4/c1-91(2,3)60-41-45-76(70(52-60)55-26-15-13-16-27-55)103-80-49-56(59-46-61(92(4,5)6)51-62(47-59)93(7,8)9)39-43-71(80)100-72-48-58(83-84(95)86(97)88(99)87(98)85(83)96)40-44-77(72)104(82-54-63(94(10,11)12)53-81(103)89(82)100)90-65(33-25-37-78(90)102-74-35-23-20-30-66(74)67-31-21-24-36-75(67)102)57-38-42-69-68-32-19-22-34-73(68)101(79(69)50-57)64-28-17-14-18-29-64/h13-54H,95-99H2,1-12H3. The van der Waals surface area contributed by atoms with Crippen LogP contribution in [0.4, 0.5) is 34.1 Å². The van der Waals surface area contributed by atoms with Gasteiger partial charge in [0.2, 0.25) is 0 Å². The van der Waals surface area contributed by atoms with Gasteiger partial charge in [0.15, 0.2) is 0 Å². The van der Waals surface area contributed by atoms with Crippen molar-refractivity contribution in [3.8, 4) is 55.9 Å². The van der Waals surface area contributed by atoms with E-state index >= 15 is 0 Å². The number of nitrogens with zero attached hydrogens (tertiary/aromatic N) is 4. The first kappa shape index (κ1) is 66.7. The van der Waals surface area contributed by atoms with Gasteiger partial charge >= 0.3 is 0 Å². The second-order valence-corrected chi connectivity index (χ2v) is 33.9. The fourth-order valence-corrected chi connectivity index (χ4v) is 17.3. The first-order chi connectivity index (χ1) is 49.7. The van der Waals surface area contributed by atoms with Crippen molar-refractivity contribution in [3.05, 3.63) is 277 Å². The maximum absolute atomic E-state index is 2.74. The number of hydrogen-bond acceptors (Lipinski definition) is 2. The van der Waals surface area contributed by atoms with E-state index < -0.39 is 0 Å². The Morgan fingerprint density at radius 3 is 1.37 bits per heavy atom. The van der Waals surface area contributed by atoms with Crippen molar-refractivity contribution in [1.29, 1.82) is 0 Å². The average molecular weight is 1340 g/mol. The van der Waals surface area contributed by atoms with Gasteiger partial charge in [0.05, 0.1) is 39.1 Å². The molecule has 15 aromatic rings. The third-order valence-corrected chi connectivity index (χ3v) is 23.5. The van der Waals surface area contributed by atoms with Crippen LogP contribution in [0.5, 0.6) is 0 Å². The number of benzene rings is 13. The van der Waals surface area contributed by atoms with Gasteiger partial charge in [0, 0.05) is 61.1 Å². The Morgan fingerprint density at radius 2 is 0.769 bits per heavy atom. The van der Waals surface area contributed by atoms with E-state index in [1.165, 1.54) is 143 Å². The Morgan fingerprint density at radius 1 is 0.269 bits per heavy atom. The SMILES string of the molecule is Bc1c(B)c(B)c(-c2ccc3c(c2)B2c4ccc(-c5cc(C(C)(C)C)cc(C(C)(C)C)c5)cc4N(c4ccc(C(C)(C)C)cc4-c4ccccc4)c4cc(C(C)(C)C)cc(c42)N3c2c(-c3ccc4c5ccccc5n(-c5ccccc5)c4c3)cccc2-n2c3ccccc3c3ccccc32)c(B)c1B. The fourth-order valence-electron chi connectivity index (χ4n) is 17.3. The minimum atomic E-state index is -0.305. The van der Waals surface area contributed by atoms with Gasteiger partial charge < -0.3 is 18.9 Å². The van der Waals surface area contributed by atoms with Crippen LogP contribution in [0.1, 0.15) is 105 Å². The van der Waals surface area contributed by atoms with Crippen molar-refractivity contribution < 1.29 is 0 Å². The summed E-state index contributed by atoms with van der Waals surface area (Å²) in [6.45, 7) is 28.2. The minimum absolute atomic E-state index is 0.0795. The van der Waals surface area contributed by atoms with Gasteiger partial charge in [-0.05, 0) is 173 Å². The van der Waals surface area contributed by atoms with Crippen molar-refractivity contribution in [2.24, 2.45) is 0 Å². The number of rotatable bonds is 8. The molecule has 4 nitrogen and oxygen atoms in total. The van der Waals surface area contributed by atoms with Gasteiger partial charge in [-0.25, -0.2) is 0 Å². The van der Waals surface area contributed by atoms with Crippen molar-refractivity contribution in [2.75, 3.05) is 9.80 Å². The molecule has 4 heterocycles. The summed E-state index contributed by atoms with van der Waals surface area (Å²) in [7, 11) is 11.6. The molecule has 17 rings (SSSR count). The highest BCUT2D eigenvalue weighted by atomic mass is 15.2. The maximum atomic E-state index is 2.74. The summed E-state index contributed by atoms with van der Waals surface area (Å²) in [5.41, 5.74) is 38.6. The van der Waals surface area contributed by atoms with Crippen molar-refractivity contribution in [2.45, 2.75) is 105 Å². The molecule has 2 aliphatic heterocycles. The molecule has 0 radical (unpaired) electrons. The smallest absolute Gasteiger partial charge is 0.252 e. The summed E-state index contributed by atoms with van der Waals surface area (Å²) in [6, 6.07) is 98.5. The minimum Gasteiger partial charge on any atom is -0.311 e. The molecule has 10 heteroatoms. The summed E-state index contributed by atoms with van der Waals surface area (Å²) in [6.07, 6.45) is 0. The molecular weight excluding hydrogens is 1250 g/mol. The summed E-state index contributed by atoms with van der Waals surface area (Å²) < 4.78 is 5.04. The molecule has 0 saturated carbocycles. The van der Waals surface area contributed by atoms with E-state index in [-0.39, 0.29) is 28.4 Å². The lowest BCUT2D eigenvalue weighted by atomic mass is 9.33. The van der Waals surface area contributed by atoms with E-state index in [4.69, 9.17) is 0 Å². The Hall–Kier alpha value is -10.6. The van der Waals surface area contributed by atoms with E-state index in [0.29, 0.717) is 0 Å². The van der Waals surface area contributed by atoms with Crippen LogP contribution in [0.2, 0.25) is 0 Å². The second kappa shape index (κ2) is 24.3. The number of para-hydroxylation sites is 5. The van der Waals surface area contributed by atoms with Crippen LogP contribution in [0.25, 0.3) is 99.5 Å². The maximum Gasteiger partial charge on any atom is 0.252 e. The van der Waals surface area contributed by atoms with Crippen LogP contribution in [0.15, 0.2) is 255 Å². The molecule has 502 valence electrons. The van der Waals surface area contributed by atoms with E-state index in [1.54, 1.807) is 0 Å². The second-order valence-electron chi connectivity index (χ2n) is 33.9. The Labute approximate surface area is 619 Å². The van der Waals surface area contributed by atoms with Gasteiger partial charge in [-0.2, -0.15) is 0 Å². The highest BCUT2D eigenvalue weighted by molar-refractivity contribution is 7.00. The molecule has 13 aromatic carbocycles. The molecule has 0 bridgehead atoms. The lowest BCUT2D eigenvalue weighted by Crippen LogP contribution is -2.61. The molecule has 0 saturated heterocycles. The van der Waals surface area contributed by atoms with Crippen LogP contribution in [0, 0.1) is 0 Å². The molecule has 0 unspecified atom stereocenters. The van der Waals surface area contributed by atoms with Crippen LogP contribution >= 0.6 is 0 Å². The molecule has 104 heavy (non-hydrogen) atoms. The quantitative estimate of drug-likeness (QED) is 0.141. The normalized spacial score (nSPS) is 13.1. The monoisotopic (exact) mass is 1340 g/mol. The van der Waals surface area contributed by atoms with Crippen LogP contribution in [-0.4, -0.2) is 55.1 Å². The summed E-state index contributed by atoms with van der Waals surface area (Å²) in [4.78, 5) is 5.45. The van der Waals surface area contributed by atoms with Gasteiger partial charge in [0.1, 0.15) is 39.2 Å². The third-order valence-electron chi connectivity index (χ3n) is 23.5. The summed E-state index contributed by atoms with van der Waals surface area (Å²) in [5.74, 6) is 0. The van der Waals surface area contributed by atoms with Crippen LogP contribution < -0.4 is 53.5 Å². The zero-order valence-corrected chi connectivity index (χ0v) is 63.6. The van der Waals surface area contributed by atoms with Gasteiger partial charge in [-0.1, -0.05) is 270 Å². The molecule has 0 fully saturated rings. The predicted molar refractivity (Wildman–Crippen MR) is 467 cm³/mol. The number of anilines is 6. The molecule has 0 atom stereocenters. The predicted octanol–water partition coefficient (Wildman–Crippen LogP) is 15.1. The highest BCUT2D eigenvalue weighted by Gasteiger charge is 2.46. The van der Waals surface area contributed by atoms with Gasteiger partial charge in [-0.15, -0.1) is 16.4 Å². The van der Waals surface area contributed by atoms with Gasteiger partial charge in [-0.3, -0.25) is 0 Å². The Kier molecular flexibility index (Phi) is 15.6. The number of aromatic nitrogens is 2. The number of fused-ring (bicyclic) bond motifs is 10. The number of hydrogen-bond donors (Lipinski definition) is 0. The molecule has 2 aromatic heterocycles. The van der Waals surface area contributed by atoms with Gasteiger partial charge in [0.25, 0.3) is 6.71 Å². The van der Waals surface area contributed by atoms with Crippen molar-refractivity contribution >= 4 is 167 Å². The van der Waals surface area contributed by atoms with E-state index in [2.05, 4.69) is 396 Å². The Balaban J connectivity index is 1.05. The van der Waals surface area contributed by atoms with Crippen LogP contribution in [0.3, 0.4) is 0 Å². The third kappa shape index (κ3) is 10.7. The Bertz CT molecular complexity index is 5940. The topological polar surface area (TPSA) is 16.3 Å². The largest absolute Gasteiger partial charge is 0.311 e. The summed E-state index contributed by atoms with van der Waals surface area (Å²) in [5, 5.41) is 4.88. The van der Waals surface area contributed by atoms with E-state index in [9.17, 15) is 0 Å². The summed E-state index contributed by atoms with van der Waals surface area (Å²) >= 11 is 0. The average Bonchev–Trinajstić information content (AvgIpc) is 0.956. The molecule has 0 N–H and O–H groups in total. The van der Waals surface area contributed by atoms with E-state index in [0.717, 1.165) is 56.1 Å². The zero-order valence-electron chi connectivity index (χ0n) is 63.6. The zero-order chi connectivity index (χ0) is 72.4. The molecule has 0 spiro atoms. The van der Waals surface area contributed by atoms with E-state index in [1.807, 2.05) is 0 Å². The molecular formula is C94H88B6N4. The lowest BCUT2D eigenvalue weighted by molar-refractivity contribution is 0.569. The first-order valence-electron chi connectivity index (χ1n) is 37.4. The lowest BCUT2D eigenvalue weighted by Gasteiger charge is -2.46.